The molecule has 0 aliphatic carbocycles. The molecule has 0 spiro atoms. The minimum Gasteiger partial charge on any atom is -0.354 e. The number of nitrogens with one attached hydrogen (secondary N) is 2. The van der Waals surface area contributed by atoms with Gasteiger partial charge in [-0.15, -0.1) is 0 Å². The molecule has 5 nitrogen and oxygen atoms in total. The van der Waals surface area contributed by atoms with Gasteiger partial charge in [-0.25, -0.2) is 9.97 Å². The van der Waals surface area contributed by atoms with Crippen LogP contribution in [0.2, 0.25) is 0 Å². The van der Waals surface area contributed by atoms with Gasteiger partial charge in [-0.05, 0) is 26.8 Å². The first kappa shape index (κ1) is 12.4. The summed E-state index contributed by atoms with van der Waals surface area (Å²) >= 11 is 0. The van der Waals surface area contributed by atoms with Gasteiger partial charge in [0.2, 0.25) is 11.9 Å². The second-order valence-corrected chi connectivity index (χ2v) is 3.92. The van der Waals surface area contributed by atoms with Gasteiger partial charge in [-0.1, -0.05) is 0 Å². The summed E-state index contributed by atoms with van der Waals surface area (Å²) in [6, 6.07) is 2.01. The predicted octanol–water partition coefficient (Wildman–Crippen LogP) is 1.11. The number of hydrogen-bond acceptors (Lipinski definition) is 4. The number of rotatable bonds is 5. The van der Waals surface area contributed by atoms with Gasteiger partial charge in [0.05, 0.1) is 0 Å². The smallest absolute Gasteiger partial charge is 0.222 e. The summed E-state index contributed by atoms with van der Waals surface area (Å²) in [5.41, 5.74) is 0.907. The number of carbonyl (C=O) groups is 1. The van der Waals surface area contributed by atoms with E-state index in [1.165, 1.54) is 0 Å². The van der Waals surface area contributed by atoms with E-state index in [1.807, 2.05) is 26.8 Å². The fraction of sp³-hybridized carbons (Fsp3) is 0.545. The van der Waals surface area contributed by atoms with Crippen LogP contribution in [0.25, 0.3) is 0 Å². The Labute approximate surface area is 95.7 Å². The van der Waals surface area contributed by atoms with E-state index in [0.29, 0.717) is 18.9 Å². The van der Waals surface area contributed by atoms with Crippen molar-refractivity contribution in [2.45, 2.75) is 33.2 Å². The van der Waals surface area contributed by atoms with Crippen molar-refractivity contribution in [1.29, 1.82) is 0 Å². The van der Waals surface area contributed by atoms with Crippen molar-refractivity contribution in [3.05, 3.63) is 18.0 Å². The van der Waals surface area contributed by atoms with Crippen molar-refractivity contribution in [3.8, 4) is 0 Å². The number of nitrogens with zero attached hydrogens (tertiary/aromatic N) is 2. The average molecular weight is 222 g/mol. The molecule has 0 bridgehead atoms. The molecule has 0 aromatic carbocycles. The molecule has 88 valence electrons. The molecule has 1 aromatic rings. The van der Waals surface area contributed by atoms with E-state index < -0.39 is 0 Å². The summed E-state index contributed by atoms with van der Waals surface area (Å²) in [6.07, 6.45) is 2.12. The minimum absolute atomic E-state index is 0.0372. The van der Waals surface area contributed by atoms with Gasteiger partial charge in [0.25, 0.3) is 0 Å². The Morgan fingerprint density at radius 1 is 1.50 bits per heavy atom. The Morgan fingerprint density at radius 3 is 2.88 bits per heavy atom. The Bertz CT molecular complexity index is 352. The third kappa shape index (κ3) is 4.72. The van der Waals surface area contributed by atoms with E-state index in [9.17, 15) is 4.79 Å². The first-order valence-corrected chi connectivity index (χ1v) is 5.41. The first-order chi connectivity index (χ1) is 7.58. The van der Waals surface area contributed by atoms with E-state index in [-0.39, 0.29) is 11.9 Å². The fourth-order valence-electron chi connectivity index (χ4n) is 1.22. The molecule has 0 aliphatic heterocycles. The van der Waals surface area contributed by atoms with Crippen LogP contribution >= 0.6 is 0 Å². The number of amides is 1. The van der Waals surface area contributed by atoms with Gasteiger partial charge in [-0.2, -0.15) is 0 Å². The van der Waals surface area contributed by atoms with Crippen molar-refractivity contribution in [2.75, 3.05) is 11.9 Å². The summed E-state index contributed by atoms with van der Waals surface area (Å²) in [5, 5.41) is 5.83. The molecule has 0 fully saturated rings. The third-order valence-electron chi connectivity index (χ3n) is 1.88. The first-order valence-electron chi connectivity index (χ1n) is 5.41. The predicted molar refractivity (Wildman–Crippen MR) is 63.2 cm³/mol. The lowest BCUT2D eigenvalue weighted by atomic mass is 10.3. The largest absolute Gasteiger partial charge is 0.354 e. The van der Waals surface area contributed by atoms with Crippen molar-refractivity contribution >= 4 is 11.9 Å². The molecule has 0 aliphatic rings. The summed E-state index contributed by atoms with van der Waals surface area (Å²) in [4.78, 5) is 19.5. The zero-order valence-electron chi connectivity index (χ0n) is 9.95. The van der Waals surface area contributed by atoms with Gasteiger partial charge < -0.3 is 10.6 Å². The zero-order chi connectivity index (χ0) is 12.0. The molecule has 0 atom stereocenters. The molecule has 1 rings (SSSR count). The lowest BCUT2D eigenvalue weighted by molar-refractivity contribution is -0.121. The highest BCUT2D eigenvalue weighted by Gasteiger charge is 2.03. The van der Waals surface area contributed by atoms with Gasteiger partial charge in [-0.3, -0.25) is 4.79 Å². The molecule has 2 N–H and O–H groups in total. The quantitative estimate of drug-likeness (QED) is 0.783. The Balaban J connectivity index is 2.28. The Kier molecular flexibility index (Phi) is 4.69. The van der Waals surface area contributed by atoms with Gasteiger partial charge >= 0.3 is 0 Å². The maximum atomic E-state index is 11.3. The molecule has 0 saturated carbocycles. The van der Waals surface area contributed by atoms with Crippen molar-refractivity contribution in [2.24, 2.45) is 0 Å². The highest BCUT2D eigenvalue weighted by molar-refractivity contribution is 5.76. The molecule has 1 amide bonds. The molecular weight excluding hydrogens is 204 g/mol. The van der Waals surface area contributed by atoms with E-state index in [0.717, 1.165) is 5.69 Å². The minimum atomic E-state index is 0.0372. The second-order valence-electron chi connectivity index (χ2n) is 3.92. The van der Waals surface area contributed by atoms with Crippen LogP contribution in [0.3, 0.4) is 0 Å². The van der Waals surface area contributed by atoms with Crippen molar-refractivity contribution in [1.82, 2.24) is 15.3 Å². The number of aromatic nitrogens is 2. The normalized spacial score (nSPS) is 10.2. The fourth-order valence-corrected chi connectivity index (χ4v) is 1.22. The third-order valence-corrected chi connectivity index (χ3v) is 1.88. The van der Waals surface area contributed by atoms with Crippen molar-refractivity contribution < 1.29 is 4.79 Å². The highest BCUT2D eigenvalue weighted by atomic mass is 16.1. The zero-order valence-corrected chi connectivity index (χ0v) is 9.95. The molecular formula is C11H18N4O. The number of carbonyl (C=O) groups excluding carboxylic acids is 1. The highest BCUT2D eigenvalue weighted by Crippen LogP contribution is 1.98. The molecule has 16 heavy (non-hydrogen) atoms. The topological polar surface area (TPSA) is 66.9 Å². The molecule has 0 radical (unpaired) electrons. The molecule has 0 unspecified atom stereocenters. The van der Waals surface area contributed by atoms with E-state index in [2.05, 4.69) is 20.6 Å². The van der Waals surface area contributed by atoms with E-state index in [4.69, 9.17) is 0 Å². The van der Waals surface area contributed by atoms with Crippen LogP contribution in [0.5, 0.6) is 0 Å². The molecule has 0 saturated heterocycles. The number of anilines is 1. The summed E-state index contributed by atoms with van der Waals surface area (Å²) < 4.78 is 0. The molecule has 1 aromatic heterocycles. The van der Waals surface area contributed by atoms with Crippen LogP contribution in [0, 0.1) is 6.92 Å². The van der Waals surface area contributed by atoms with Crippen LogP contribution in [0.4, 0.5) is 5.95 Å². The maximum Gasteiger partial charge on any atom is 0.222 e. The summed E-state index contributed by atoms with van der Waals surface area (Å²) in [5.74, 6) is 0.604. The van der Waals surface area contributed by atoms with Crippen LogP contribution < -0.4 is 10.6 Å². The van der Waals surface area contributed by atoms with Crippen LogP contribution in [0.1, 0.15) is 26.0 Å². The van der Waals surface area contributed by atoms with Crippen molar-refractivity contribution in [3.63, 3.8) is 0 Å². The molecule has 5 heteroatoms. The Morgan fingerprint density at radius 2 is 2.25 bits per heavy atom. The molecule has 1 heterocycles. The number of hydrogen-bond donors (Lipinski definition) is 2. The van der Waals surface area contributed by atoms with E-state index in [1.54, 1.807) is 6.20 Å². The monoisotopic (exact) mass is 222 g/mol. The van der Waals surface area contributed by atoms with Crippen LogP contribution in [0.15, 0.2) is 12.3 Å². The number of aryl methyl sites for hydroxylation is 1. The van der Waals surface area contributed by atoms with Crippen LogP contribution in [-0.2, 0) is 4.79 Å². The van der Waals surface area contributed by atoms with E-state index >= 15 is 0 Å². The summed E-state index contributed by atoms with van der Waals surface area (Å²) in [7, 11) is 0. The summed E-state index contributed by atoms with van der Waals surface area (Å²) in [6.45, 7) is 6.32. The lowest BCUT2D eigenvalue weighted by Crippen LogP contribution is -2.31. The second kappa shape index (κ2) is 6.05. The van der Waals surface area contributed by atoms with Gasteiger partial charge in [0.15, 0.2) is 0 Å². The maximum absolute atomic E-state index is 11.3. The standard InChI is InChI=1S/C11H18N4O/c1-8(2)14-10(16)5-7-13-11-12-6-4-9(3)15-11/h4,6,8H,5,7H2,1-3H3,(H,14,16)(H,12,13,15). The lowest BCUT2D eigenvalue weighted by Gasteiger charge is -2.08. The van der Waals surface area contributed by atoms with Crippen LogP contribution in [-0.4, -0.2) is 28.5 Å². The van der Waals surface area contributed by atoms with Gasteiger partial charge in [0, 0.05) is 30.9 Å². The van der Waals surface area contributed by atoms with Gasteiger partial charge in [0.1, 0.15) is 0 Å². The SMILES string of the molecule is Cc1ccnc(NCCC(=O)NC(C)C)n1. The Hall–Kier alpha value is -1.65. The average Bonchev–Trinajstić information content (AvgIpc) is 2.16.